The topological polar surface area (TPSA) is 68.0 Å². The zero-order chi connectivity index (χ0) is 22.5. The van der Waals surface area contributed by atoms with Crippen LogP contribution in [0.5, 0.6) is 11.5 Å². The highest BCUT2D eigenvalue weighted by atomic mass is 16.5. The van der Waals surface area contributed by atoms with E-state index in [1.54, 1.807) is 7.11 Å². The van der Waals surface area contributed by atoms with Crippen molar-refractivity contribution in [3.8, 4) is 23.0 Å². The molecule has 0 saturated carbocycles. The van der Waals surface area contributed by atoms with Gasteiger partial charge < -0.3 is 18.8 Å². The van der Waals surface area contributed by atoms with Gasteiger partial charge in [0.1, 0.15) is 17.3 Å². The minimum Gasteiger partial charge on any atom is -0.497 e. The predicted octanol–water partition coefficient (Wildman–Crippen LogP) is 4.02. The molecule has 7 nitrogen and oxygen atoms in total. The molecule has 1 aliphatic rings. The summed E-state index contributed by atoms with van der Waals surface area (Å²) >= 11 is 0. The van der Waals surface area contributed by atoms with Gasteiger partial charge in [0, 0.05) is 43.9 Å². The zero-order valence-corrected chi connectivity index (χ0v) is 18.8. The van der Waals surface area contributed by atoms with Gasteiger partial charge in [0.2, 0.25) is 5.89 Å². The fraction of sp³-hybridized carbons (Fsp3) is 0.360. The van der Waals surface area contributed by atoms with Crippen LogP contribution < -0.4 is 9.47 Å². The van der Waals surface area contributed by atoms with E-state index in [1.165, 1.54) is 0 Å². The van der Waals surface area contributed by atoms with Gasteiger partial charge in [-0.15, -0.1) is 0 Å². The molecule has 2 heterocycles. The van der Waals surface area contributed by atoms with Crippen molar-refractivity contribution >= 4 is 5.91 Å². The van der Waals surface area contributed by atoms with Gasteiger partial charge in [0.05, 0.1) is 19.4 Å². The number of rotatable bonds is 7. The van der Waals surface area contributed by atoms with E-state index >= 15 is 0 Å². The molecule has 32 heavy (non-hydrogen) atoms. The number of benzene rings is 2. The van der Waals surface area contributed by atoms with Crippen molar-refractivity contribution in [2.75, 3.05) is 39.9 Å². The lowest BCUT2D eigenvalue weighted by atomic mass is 10.1. The lowest BCUT2D eigenvalue weighted by molar-refractivity contribution is 0.0626. The van der Waals surface area contributed by atoms with Crippen LogP contribution in [-0.2, 0) is 6.54 Å². The number of ether oxygens (including phenoxy) is 2. The molecule has 0 radical (unpaired) electrons. The van der Waals surface area contributed by atoms with E-state index < -0.39 is 0 Å². The lowest BCUT2D eigenvalue weighted by Crippen LogP contribution is -2.48. The molecule has 1 amide bonds. The number of amides is 1. The van der Waals surface area contributed by atoms with Gasteiger partial charge in [-0.2, -0.15) is 0 Å². The molecular weight excluding hydrogens is 406 g/mol. The Labute approximate surface area is 188 Å². The minimum absolute atomic E-state index is 0.0581. The number of carbonyl (C=O) groups excluding carboxylic acids is 1. The maximum atomic E-state index is 12.8. The van der Waals surface area contributed by atoms with E-state index in [1.807, 2.05) is 67.3 Å². The highest BCUT2D eigenvalue weighted by Gasteiger charge is 2.24. The molecule has 3 aromatic rings. The molecule has 4 rings (SSSR count). The molecule has 0 aliphatic carbocycles. The summed E-state index contributed by atoms with van der Waals surface area (Å²) in [6, 6.07) is 15.0. The first kappa shape index (κ1) is 21.9. The fourth-order valence-corrected chi connectivity index (χ4v) is 3.80. The van der Waals surface area contributed by atoms with E-state index in [2.05, 4.69) is 4.90 Å². The monoisotopic (exact) mass is 435 g/mol. The Kier molecular flexibility index (Phi) is 6.75. The fourth-order valence-electron chi connectivity index (χ4n) is 3.80. The number of hydrogen-bond acceptors (Lipinski definition) is 6. The summed E-state index contributed by atoms with van der Waals surface area (Å²) in [6.45, 7) is 8.23. The Morgan fingerprint density at radius 1 is 1.00 bits per heavy atom. The second-order valence-electron chi connectivity index (χ2n) is 7.78. The number of nitrogens with zero attached hydrogens (tertiary/aromatic N) is 3. The molecule has 1 aromatic heterocycles. The largest absolute Gasteiger partial charge is 0.497 e. The normalized spacial score (nSPS) is 14.4. The summed E-state index contributed by atoms with van der Waals surface area (Å²) in [5.41, 5.74) is 2.55. The van der Waals surface area contributed by atoms with Crippen LogP contribution in [0, 0.1) is 6.92 Å². The molecule has 168 valence electrons. The van der Waals surface area contributed by atoms with Crippen LogP contribution in [0.3, 0.4) is 0 Å². The first-order chi connectivity index (χ1) is 15.6. The highest BCUT2D eigenvalue weighted by molar-refractivity contribution is 5.94. The Morgan fingerprint density at radius 2 is 1.66 bits per heavy atom. The van der Waals surface area contributed by atoms with Crippen LogP contribution in [0.15, 0.2) is 52.9 Å². The Bertz CT molecular complexity index is 1040. The van der Waals surface area contributed by atoms with Crippen molar-refractivity contribution in [1.29, 1.82) is 0 Å². The smallest absolute Gasteiger partial charge is 0.253 e. The van der Waals surface area contributed by atoms with E-state index in [0.717, 1.165) is 41.6 Å². The van der Waals surface area contributed by atoms with E-state index in [4.69, 9.17) is 18.9 Å². The van der Waals surface area contributed by atoms with Gasteiger partial charge >= 0.3 is 0 Å². The van der Waals surface area contributed by atoms with Crippen molar-refractivity contribution in [3.63, 3.8) is 0 Å². The van der Waals surface area contributed by atoms with Crippen molar-refractivity contribution < 1.29 is 18.7 Å². The number of aromatic nitrogens is 1. The summed E-state index contributed by atoms with van der Waals surface area (Å²) in [5, 5.41) is 0. The molecule has 7 heteroatoms. The summed E-state index contributed by atoms with van der Waals surface area (Å²) in [6.07, 6.45) is 0. The number of methoxy groups -OCH3 is 1. The number of carbonyl (C=O) groups is 1. The molecule has 1 fully saturated rings. The molecule has 0 atom stereocenters. The number of hydrogen-bond donors (Lipinski definition) is 0. The number of oxazole rings is 1. The Balaban J connectivity index is 1.34. The van der Waals surface area contributed by atoms with Gasteiger partial charge in [0.25, 0.3) is 5.91 Å². The molecule has 0 unspecified atom stereocenters. The van der Waals surface area contributed by atoms with Gasteiger partial charge in [-0.3, -0.25) is 9.69 Å². The average molecular weight is 436 g/mol. The van der Waals surface area contributed by atoms with E-state index in [0.29, 0.717) is 37.7 Å². The molecule has 0 N–H and O–H groups in total. The van der Waals surface area contributed by atoms with Crippen LogP contribution >= 0.6 is 0 Å². The second-order valence-corrected chi connectivity index (χ2v) is 7.78. The molecule has 0 spiro atoms. The van der Waals surface area contributed by atoms with Crippen molar-refractivity contribution in [1.82, 2.24) is 14.8 Å². The molecule has 0 bridgehead atoms. The third-order valence-corrected chi connectivity index (χ3v) is 5.67. The first-order valence-electron chi connectivity index (χ1n) is 10.9. The quantitative estimate of drug-likeness (QED) is 0.559. The third-order valence-electron chi connectivity index (χ3n) is 5.67. The summed E-state index contributed by atoms with van der Waals surface area (Å²) in [5.74, 6) is 3.09. The van der Waals surface area contributed by atoms with Crippen LogP contribution in [0.1, 0.15) is 28.7 Å². The molecule has 1 saturated heterocycles. The molecule has 1 aliphatic heterocycles. The average Bonchev–Trinajstić information content (AvgIpc) is 3.20. The van der Waals surface area contributed by atoms with Crippen LogP contribution in [0.25, 0.3) is 11.5 Å². The van der Waals surface area contributed by atoms with Crippen LogP contribution in [0.2, 0.25) is 0 Å². The van der Waals surface area contributed by atoms with Gasteiger partial charge in [0.15, 0.2) is 0 Å². The standard InChI is InChI=1S/C25H29N3O4/c1-4-31-22-11-5-19(6-12-22)24-26-23(18(2)32-24)17-27-13-15-28(16-14-27)25(29)20-7-9-21(30-3)10-8-20/h5-12H,4,13-17H2,1-3H3. The van der Waals surface area contributed by atoms with Gasteiger partial charge in [-0.1, -0.05) is 0 Å². The maximum Gasteiger partial charge on any atom is 0.253 e. The van der Waals surface area contributed by atoms with Crippen molar-refractivity contribution in [2.45, 2.75) is 20.4 Å². The van der Waals surface area contributed by atoms with E-state index in [9.17, 15) is 4.79 Å². The molecular formula is C25H29N3O4. The first-order valence-corrected chi connectivity index (χ1v) is 10.9. The number of aryl methyl sites for hydroxylation is 1. The minimum atomic E-state index is 0.0581. The summed E-state index contributed by atoms with van der Waals surface area (Å²) < 4.78 is 16.6. The van der Waals surface area contributed by atoms with Crippen LogP contribution in [0.4, 0.5) is 0 Å². The maximum absolute atomic E-state index is 12.8. The van der Waals surface area contributed by atoms with Gasteiger partial charge in [-0.25, -0.2) is 4.98 Å². The Morgan fingerprint density at radius 3 is 2.28 bits per heavy atom. The van der Waals surface area contributed by atoms with Gasteiger partial charge in [-0.05, 0) is 62.4 Å². The van der Waals surface area contributed by atoms with Crippen LogP contribution in [-0.4, -0.2) is 60.6 Å². The van der Waals surface area contributed by atoms with Crippen molar-refractivity contribution in [3.05, 3.63) is 65.5 Å². The second kappa shape index (κ2) is 9.87. The highest BCUT2D eigenvalue weighted by Crippen LogP contribution is 2.25. The zero-order valence-electron chi connectivity index (χ0n) is 18.8. The number of piperazine rings is 1. The lowest BCUT2D eigenvalue weighted by Gasteiger charge is -2.34. The SMILES string of the molecule is CCOc1ccc(-c2nc(CN3CCN(C(=O)c4ccc(OC)cc4)CC3)c(C)o2)cc1. The van der Waals surface area contributed by atoms with Crippen molar-refractivity contribution in [2.24, 2.45) is 0 Å². The summed E-state index contributed by atoms with van der Waals surface area (Å²) in [4.78, 5) is 21.7. The summed E-state index contributed by atoms with van der Waals surface area (Å²) in [7, 11) is 1.62. The van der Waals surface area contributed by atoms with E-state index in [-0.39, 0.29) is 5.91 Å². The Hall–Kier alpha value is -3.32. The molecule has 2 aromatic carbocycles. The third kappa shape index (κ3) is 4.94. The predicted molar refractivity (Wildman–Crippen MR) is 122 cm³/mol.